The fraction of sp³-hybridized carbons (Fsp3) is 0.500. The van der Waals surface area contributed by atoms with Gasteiger partial charge in [-0.25, -0.2) is 9.78 Å². The van der Waals surface area contributed by atoms with Crippen molar-refractivity contribution in [2.24, 2.45) is 0 Å². The van der Waals surface area contributed by atoms with Gasteiger partial charge in [0.25, 0.3) is 0 Å². The number of H-pyrrole nitrogens is 1. The molecule has 0 aromatic carbocycles. The third-order valence-electron chi connectivity index (χ3n) is 3.92. The van der Waals surface area contributed by atoms with Crippen LogP contribution in [0.25, 0.3) is 0 Å². The first-order valence-corrected chi connectivity index (χ1v) is 8.15. The number of anilines is 2. The molecule has 0 spiro atoms. The Kier molecular flexibility index (Phi) is 4.93. The first-order chi connectivity index (χ1) is 11.6. The molecule has 1 amide bonds. The van der Waals surface area contributed by atoms with Crippen LogP contribution in [0.2, 0.25) is 0 Å². The lowest BCUT2D eigenvalue weighted by Crippen LogP contribution is -2.33. The summed E-state index contributed by atoms with van der Waals surface area (Å²) in [4.78, 5) is 19.8. The Morgan fingerprint density at radius 3 is 2.96 bits per heavy atom. The summed E-state index contributed by atoms with van der Waals surface area (Å²) in [5, 5.41) is 13.2. The Morgan fingerprint density at radius 2 is 2.21 bits per heavy atom. The third kappa shape index (κ3) is 4.21. The second-order valence-electron chi connectivity index (χ2n) is 6.26. The lowest BCUT2D eigenvalue weighted by molar-refractivity contribution is 0.0981. The summed E-state index contributed by atoms with van der Waals surface area (Å²) in [6, 6.07) is 2.05. The largest absolute Gasteiger partial charge is 0.446 e. The van der Waals surface area contributed by atoms with Gasteiger partial charge in [-0.1, -0.05) is 0 Å². The smallest absolute Gasteiger partial charge is 0.407 e. The highest BCUT2D eigenvalue weighted by Gasteiger charge is 2.30. The van der Waals surface area contributed by atoms with Gasteiger partial charge >= 0.3 is 6.09 Å². The second-order valence-corrected chi connectivity index (χ2v) is 6.26. The summed E-state index contributed by atoms with van der Waals surface area (Å²) in [7, 11) is 0. The minimum absolute atomic E-state index is 0.0477. The van der Waals surface area contributed by atoms with Gasteiger partial charge in [0.1, 0.15) is 11.9 Å². The molecule has 2 atom stereocenters. The van der Waals surface area contributed by atoms with E-state index in [1.807, 2.05) is 19.9 Å². The van der Waals surface area contributed by atoms with E-state index in [4.69, 9.17) is 4.74 Å². The molecule has 24 heavy (non-hydrogen) atoms. The molecule has 0 radical (unpaired) electrons. The van der Waals surface area contributed by atoms with Crippen molar-refractivity contribution in [2.75, 3.05) is 5.32 Å². The molecule has 3 rings (SSSR count). The number of carbonyl (C=O) groups excluding carboxylic acids is 1. The van der Waals surface area contributed by atoms with Gasteiger partial charge in [-0.3, -0.25) is 10.1 Å². The van der Waals surface area contributed by atoms with Crippen molar-refractivity contribution < 1.29 is 9.53 Å². The van der Waals surface area contributed by atoms with Crippen molar-refractivity contribution >= 4 is 17.7 Å². The summed E-state index contributed by atoms with van der Waals surface area (Å²) >= 11 is 0. The average molecular weight is 330 g/mol. The monoisotopic (exact) mass is 330 g/mol. The van der Waals surface area contributed by atoms with E-state index in [0.717, 1.165) is 25.0 Å². The van der Waals surface area contributed by atoms with Gasteiger partial charge in [-0.05, 0) is 33.1 Å². The summed E-state index contributed by atoms with van der Waals surface area (Å²) in [5.41, 5.74) is 1.04. The zero-order valence-electron chi connectivity index (χ0n) is 13.8. The topological polar surface area (TPSA) is 105 Å². The highest BCUT2D eigenvalue weighted by atomic mass is 16.6. The van der Waals surface area contributed by atoms with Crippen molar-refractivity contribution in [2.45, 2.75) is 51.2 Å². The van der Waals surface area contributed by atoms with Gasteiger partial charge in [-0.15, -0.1) is 0 Å². The van der Waals surface area contributed by atoms with Crippen LogP contribution in [0.3, 0.4) is 0 Å². The molecule has 1 aliphatic carbocycles. The zero-order chi connectivity index (χ0) is 16.9. The standard InChI is InChI=1S/C16H22N6O2/c1-10(2)19-16(23)24-12-4-3-11(7-12)13-8-14(22-21-13)20-15-9-17-5-6-18-15/h5-6,8-12H,3-4,7H2,1-2H3,(H,19,23)(H2,18,20,21,22)/t11-,12+/m0/s1. The number of ether oxygens (including phenoxy) is 1. The fourth-order valence-electron chi connectivity index (χ4n) is 2.86. The van der Waals surface area contributed by atoms with E-state index in [1.54, 1.807) is 18.6 Å². The molecule has 3 N–H and O–H groups in total. The summed E-state index contributed by atoms with van der Waals surface area (Å²) < 4.78 is 5.46. The highest BCUT2D eigenvalue weighted by Crippen LogP contribution is 2.36. The molecular formula is C16H22N6O2. The number of nitrogens with one attached hydrogen (secondary N) is 3. The van der Waals surface area contributed by atoms with Crippen LogP contribution < -0.4 is 10.6 Å². The maximum absolute atomic E-state index is 11.7. The van der Waals surface area contributed by atoms with Gasteiger partial charge in [-0.2, -0.15) is 5.10 Å². The van der Waals surface area contributed by atoms with Crippen molar-refractivity contribution in [3.8, 4) is 0 Å². The molecule has 0 unspecified atom stereocenters. The van der Waals surface area contributed by atoms with E-state index in [1.165, 1.54) is 0 Å². The normalized spacial score (nSPS) is 20.1. The van der Waals surface area contributed by atoms with E-state index in [0.29, 0.717) is 17.6 Å². The lowest BCUT2D eigenvalue weighted by Gasteiger charge is -2.14. The maximum atomic E-state index is 11.7. The molecule has 8 heteroatoms. The van der Waals surface area contributed by atoms with Crippen molar-refractivity contribution in [1.29, 1.82) is 0 Å². The minimum Gasteiger partial charge on any atom is -0.446 e. The van der Waals surface area contributed by atoms with Crippen LogP contribution in [-0.2, 0) is 4.74 Å². The molecule has 0 saturated heterocycles. The van der Waals surface area contributed by atoms with Crippen LogP contribution in [0.15, 0.2) is 24.7 Å². The predicted octanol–water partition coefficient (Wildman–Crippen LogP) is 2.71. The number of nitrogens with zero attached hydrogens (tertiary/aromatic N) is 3. The van der Waals surface area contributed by atoms with Gasteiger partial charge in [0.15, 0.2) is 5.82 Å². The van der Waals surface area contributed by atoms with Crippen LogP contribution in [-0.4, -0.2) is 38.4 Å². The molecule has 0 bridgehead atoms. The Balaban J connectivity index is 1.54. The first kappa shape index (κ1) is 16.2. The Morgan fingerprint density at radius 1 is 1.33 bits per heavy atom. The Hall–Kier alpha value is -2.64. The number of alkyl carbamates (subject to hydrolysis) is 1. The third-order valence-corrected chi connectivity index (χ3v) is 3.92. The first-order valence-electron chi connectivity index (χ1n) is 8.15. The van der Waals surface area contributed by atoms with E-state index in [2.05, 4.69) is 30.8 Å². The molecule has 2 aromatic rings. The highest BCUT2D eigenvalue weighted by molar-refractivity contribution is 5.67. The van der Waals surface area contributed by atoms with E-state index < -0.39 is 0 Å². The molecule has 1 aliphatic rings. The van der Waals surface area contributed by atoms with Crippen LogP contribution >= 0.6 is 0 Å². The van der Waals surface area contributed by atoms with E-state index >= 15 is 0 Å². The molecule has 128 valence electrons. The SMILES string of the molecule is CC(C)NC(=O)O[C@@H]1CC[C@H](c2cc(Nc3cnccn3)n[nH]2)C1. The summed E-state index contributed by atoms with van der Waals surface area (Å²) in [6.07, 6.45) is 7.12. The van der Waals surface area contributed by atoms with Crippen molar-refractivity contribution in [3.05, 3.63) is 30.4 Å². The zero-order valence-corrected chi connectivity index (χ0v) is 13.8. The number of aromatic amines is 1. The van der Waals surface area contributed by atoms with Crippen LogP contribution in [0.5, 0.6) is 0 Å². The summed E-state index contributed by atoms with van der Waals surface area (Å²) in [5.74, 6) is 1.66. The summed E-state index contributed by atoms with van der Waals surface area (Å²) in [6.45, 7) is 3.82. The number of aromatic nitrogens is 4. The van der Waals surface area contributed by atoms with Crippen molar-refractivity contribution in [3.63, 3.8) is 0 Å². The second kappa shape index (κ2) is 7.29. The van der Waals surface area contributed by atoms with E-state index in [-0.39, 0.29) is 18.2 Å². The molecule has 1 saturated carbocycles. The maximum Gasteiger partial charge on any atom is 0.407 e. The number of carbonyl (C=O) groups is 1. The quantitative estimate of drug-likeness (QED) is 0.778. The molecule has 2 aromatic heterocycles. The van der Waals surface area contributed by atoms with Crippen LogP contribution in [0.1, 0.15) is 44.7 Å². The van der Waals surface area contributed by atoms with Crippen LogP contribution in [0.4, 0.5) is 16.4 Å². The van der Waals surface area contributed by atoms with Crippen LogP contribution in [0, 0.1) is 0 Å². The van der Waals surface area contributed by atoms with E-state index in [9.17, 15) is 4.79 Å². The van der Waals surface area contributed by atoms with Crippen molar-refractivity contribution in [1.82, 2.24) is 25.5 Å². The number of hydrogen-bond donors (Lipinski definition) is 3. The molecule has 1 fully saturated rings. The number of hydrogen-bond acceptors (Lipinski definition) is 6. The van der Waals surface area contributed by atoms with Gasteiger partial charge < -0.3 is 15.4 Å². The van der Waals surface area contributed by atoms with Gasteiger partial charge in [0.2, 0.25) is 0 Å². The predicted molar refractivity (Wildman–Crippen MR) is 89.0 cm³/mol. The minimum atomic E-state index is -0.342. The lowest BCUT2D eigenvalue weighted by atomic mass is 10.0. The Bertz CT molecular complexity index is 672. The molecule has 8 nitrogen and oxygen atoms in total. The van der Waals surface area contributed by atoms with Gasteiger partial charge in [0, 0.05) is 36.1 Å². The Labute approximate surface area is 140 Å². The fourth-order valence-corrected chi connectivity index (χ4v) is 2.86. The molecular weight excluding hydrogens is 308 g/mol. The number of amides is 1. The number of rotatable bonds is 5. The molecule has 0 aliphatic heterocycles. The average Bonchev–Trinajstić information content (AvgIpc) is 3.17. The molecule has 2 heterocycles. The van der Waals surface area contributed by atoms with Gasteiger partial charge in [0.05, 0.1) is 6.20 Å².